The van der Waals surface area contributed by atoms with Gasteiger partial charge < -0.3 is 20.5 Å². The molecule has 1 saturated carbocycles. The molecule has 174 valence electrons. The molecule has 1 aliphatic carbocycles. The topological polar surface area (TPSA) is 116 Å². The van der Waals surface area contributed by atoms with Crippen LogP contribution in [0.15, 0.2) is 42.6 Å². The zero-order valence-corrected chi connectivity index (χ0v) is 18.8. The number of carbonyl (C=O) groups excluding carboxylic acids is 1. The number of fused-ring (bicyclic) bond motifs is 2. The Morgan fingerprint density at radius 1 is 1.06 bits per heavy atom. The number of nitrogens with one attached hydrogen (secondary N) is 3. The van der Waals surface area contributed by atoms with Gasteiger partial charge in [-0.1, -0.05) is 43.5 Å². The maximum Gasteiger partial charge on any atom is 0.319 e. The van der Waals surface area contributed by atoms with Crippen molar-refractivity contribution in [2.45, 2.75) is 57.4 Å². The largest absolute Gasteiger partial charge is 0.493 e. The summed E-state index contributed by atoms with van der Waals surface area (Å²) in [6, 6.07) is 11.9. The maximum absolute atomic E-state index is 12.7. The number of nitrogens with zero attached hydrogens (tertiary/aromatic N) is 1. The van der Waals surface area contributed by atoms with Gasteiger partial charge >= 0.3 is 6.03 Å². The molecule has 8 heteroatoms. The first-order valence-corrected chi connectivity index (χ1v) is 11.5. The Kier molecular flexibility index (Phi) is 7.12. The summed E-state index contributed by atoms with van der Waals surface area (Å²) in [4.78, 5) is 21.7. The molecule has 0 bridgehead atoms. The third kappa shape index (κ3) is 5.45. The van der Waals surface area contributed by atoms with Crippen LogP contribution in [0.2, 0.25) is 0 Å². The first-order valence-electron chi connectivity index (χ1n) is 11.5. The Morgan fingerprint density at radius 3 is 2.58 bits per heavy atom. The van der Waals surface area contributed by atoms with Crippen LogP contribution in [-0.2, 0) is 4.79 Å². The standard InChI is InChI=1S/C23H26N4O2.C2H4O2/c28-23(25-19-10-5-11-21-18(19)14-24-27-21)26-20-12-13-29-22-16(8-4-9-17(20)22)15-6-2-1-3-7-15;1-2(3)4/h4-5,8-11,14-15,20H,1-3,6-7,12-13H2,(H,24,27)(H2,25,26,28);1H3,(H,3,4). The van der Waals surface area contributed by atoms with Crippen LogP contribution in [0.1, 0.15) is 68.5 Å². The number of amides is 2. The van der Waals surface area contributed by atoms with Crippen LogP contribution in [0.4, 0.5) is 10.5 Å². The van der Waals surface area contributed by atoms with E-state index in [9.17, 15) is 4.79 Å². The third-order valence-electron chi connectivity index (χ3n) is 6.19. The van der Waals surface area contributed by atoms with Crippen LogP contribution in [-0.4, -0.2) is 33.9 Å². The Bertz CT molecular complexity index is 1120. The minimum atomic E-state index is -0.833. The molecular formula is C25H30N4O4. The van der Waals surface area contributed by atoms with E-state index in [4.69, 9.17) is 14.6 Å². The van der Waals surface area contributed by atoms with Crippen molar-refractivity contribution in [3.05, 3.63) is 53.7 Å². The van der Waals surface area contributed by atoms with E-state index in [1.54, 1.807) is 6.20 Å². The summed E-state index contributed by atoms with van der Waals surface area (Å²) in [5, 5.41) is 21.4. The number of ether oxygens (including phenoxy) is 1. The predicted molar refractivity (Wildman–Crippen MR) is 127 cm³/mol. The smallest absolute Gasteiger partial charge is 0.319 e. The lowest BCUT2D eigenvalue weighted by atomic mass is 9.82. The number of carboxylic acid groups (broad SMARTS) is 1. The van der Waals surface area contributed by atoms with Gasteiger partial charge in [-0.3, -0.25) is 9.89 Å². The van der Waals surface area contributed by atoms with Crippen LogP contribution >= 0.6 is 0 Å². The number of para-hydroxylation sites is 1. The van der Waals surface area contributed by atoms with Gasteiger partial charge in [-0.25, -0.2) is 4.79 Å². The zero-order valence-electron chi connectivity index (χ0n) is 18.8. The fraction of sp³-hybridized carbons (Fsp3) is 0.400. The summed E-state index contributed by atoms with van der Waals surface area (Å²) >= 11 is 0. The Morgan fingerprint density at radius 2 is 1.79 bits per heavy atom. The molecule has 0 saturated heterocycles. The molecule has 1 fully saturated rings. The monoisotopic (exact) mass is 450 g/mol. The van der Waals surface area contributed by atoms with Crippen molar-refractivity contribution < 1.29 is 19.4 Å². The average molecular weight is 451 g/mol. The summed E-state index contributed by atoms with van der Waals surface area (Å²) in [5.41, 5.74) is 4.06. The van der Waals surface area contributed by atoms with Gasteiger partial charge in [0, 0.05) is 24.3 Å². The second-order valence-electron chi connectivity index (χ2n) is 8.54. The molecule has 5 rings (SSSR count). The number of carbonyl (C=O) groups is 2. The molecule has 8 nitrogen and oxygen atoms in total. The maximum atomic E-state index is 12.7. The van der Waals surface area contributed by atoms with Gasteiger partial charge in [-0.05, 0) is 36.5 Å². The highest BCUT2D eigenvalue weighted by Crippen LogP contribution is 2.42. The fourth-order valence-corrected chi connectivity index (χ4v) is 4.73. The number of hydrogen-bond acceptors (Lipinski definition) is 4. The van der Waals surface area contributed by atoms with Gasteiger partial charge in [0.25, 0.3) is 5.97 Å². The molecular weight excluding hydrogens is 420 g/mol. The van der Waals surface area contributed by atoms with Crippen LogP contribution in [0.5, 0.6) is 5.75 Å². The molecule has 2 aromatic carbocycles. The van der Waals surface area contributed by atoms with Gasteiger partial charge in [0.2, 0.25) is 0 Å². The van der Waals surface area contributed by atoms with E-state index in [-0.39, 0.29) is 12.1 Å². The predicted octanol–water partition coefficient (Wildman–Crippen LogP) is 5.35. The average Bonchev–Trinajstić information content (AvgIpc) is 3.29. The number of rotatable bonds is 3. The van der Waals surface area contributed by atoms with E-state index in [1.165, 1.54) is 37.7 Å². The second kappa shape index (κ2) is 10.4. The van der Waals surface area contributed by atoms with Crippen molar-refractivity contribution in [2.24, 2.45) is 0 Å². The van der Waals surface area contributed by atoms with E-state index >= 15 is 0 Å². The molecule has 1 unspecified atom stereocenters. The van der Waals surface area contributed by atoms with Gasteiger partial charge in [-0.15, -0.1) is 0 Å². The van der Waals surface area contributed by atoms with Crippen LogP contribution < -0.4 is 15.4 Å². The van der Waals surface area contributed by atoms with Crippen molar-refractivity contribution in [3.8, 4) is 5.75 Å². The summed E-state index contributed by atoms with van der Waals surface area (Å²) in [7, 11) is 0. The van der Waals surface area contributed by atoms with Crippen LogP contribution in [0.3, 0.4) is 0 Å². The molecule has 3 aromatic rings. The minimum absolute atomic E-state index is 0.0501. The Balaban J connectivity index is 0.000000601. The molecule has 0 radical (unpaired) electrons. The number of aliphatic carboxylic acids is 1. The number of aromatic amines is 1. The summed E-state index contributed by atoms with van der Waals surface area (Å²) in [6.45, 7) is 1.71. The first kappa shape index (κ1) is 22.6. The lowest BCUT2D eigenvalue weighted by molar-refractivity contribution is -0.134. The number of benzene rings is 2. The molecule has 2 amide bonds. The van der Waals surface area contributed by atoms with E-state index < -0.39 is 5.97 Å². The Labute approximate surface area is 192 Å². The fourth-order valence-electron chi connectivity index (χ4n) is 4.73. The summed E-state index contributed by atoms with van der Waals surface area (Å²) in [6.07, 6.45) is 8.87. The molecule has 1 aromatic heterocycles. The van der Waals surface area contributed by atoms with E-state index in [0.717, 1.165) is 41.2 Å². The highest BCUT2D eigenvalue weighted by atomic mass is 16.5. The number of aromatic nitrogens is 2. The van der Waals surface area contributed by atoms with Crippen molar-refractivity contribution in [1.82, 2.24) is 15.5 Å². The molecule has 33 heavy (non-hydrogen) atoms. The van der Waals surface area contributed by atoms with Crippen LogP contribution in [0.25, 0.3) is 10.9 Å². The molecule has 4 N–H and O–H groups in total. The lowest BCUT2D eigenvalue weighted by Gasteiger charge is -2.31. The van der Waals surface area contributed by atoms with Crippen molar-refractivity contribution in [3.63, 3.8) is 0 Å². The molecule has 2 aliphatic rings. The van der Waals surface area contributed by atoms with Gasteiger partial charge in [0.15, 0.2) is 0 Å². The highest BCUT2D eigenvalue weighted by Gasteiger charge is 2.28. The Hall–Kier alpha value is -3.55. The van der Waals surface area contributed by atoms with E-state index in [0.29, 0.717) is 12.5 Å². The summed E-state index contributed by atoms with van der Waals surface area (Å²) in [5.74, 6) is 0.734. The minimum Gasteiger partial charge on any atom is -0.493 e. The zero-order chi connectivity index (χ0) is 23.2. The quantitative estimate of drug-likeness (QED) is 0.429. The molecule has 0 spiro atoms. The highest BCUT2D eigenvalue weighted by molar-refractivity contribution is 6.00. The molecule has 1 aliphatic heterocycles. The number of carboxylic acids is 1. The SMILES string of the molecule is CC(=O)O.O=C(Nc1cccc2[nH]ncc12)NC1CCOc2c(C3CCCCC3)cccc21. The second-order valence-corrected chi connectivity index (χ2v) is 8.54. The number of urea groups is 1. The normalized spacial score (nSPS) is 17.8. The molecule has 2 heterocycles. The summed E-state index contributed by atoms with van der Waals surface area (Å²) < 4.78 is 6.10. The third-order valence-corrected chi connectivity index (χ3v) is 6.19. The first-order chi connectivity index (χ1) is 16.0. The number of hydrogen-bond donors (Lipinski definition) is 4. The van der Waals surface area contributed by atoms with Gasteiger partial charge in [-0.2, -0.15) is 5.10 Å². The van der Waals surface area contributed by atoms with E-state index in [1.807, 2.05) is 18.2 Å². The van der Waals surface area contributed by atoms with Gasteiger partial charge in [0.1, 0.15) is 5.75 Å². The van der Waals surface area contributed by atoms with Crippen molar-refractivity contribution >= 4 is 28.6 Å². The number of anilines is 1. The number of H-pyrrole nitrogens is 1. The van der Waals surface area contributed by atoms with Crippen molar-refractivity contribution in [2.75, 3.05) is 11.9 Å². The molecule has 1 atom stereocenters. The van der Waals surface area contributed by atoms with Crippen molar-refractivity contribution in [1.29, 1.82) is 0 Å². The van der Waals surface area contributed by atoms with E-state index in [2.05, 4.69) is 39.0 Å². The van der Waals surface area contributed by atoms with Crippen LogP contribution in [0, 0.1) is 0 Å². The lowest BCUT2D eigenvalue weighted by Crippen LogP contribution is -2.35. The van der Waals surface area contributed by atoms with Gasteiger partial charge in [0.05, 0.1) is 30.0 Å².